The van der Waals surface area contributed by atoms with Crippen LogP contribution in [0.15, 0.2) is 54.3 Å². The molecule has 1 N–H and O–H groups in total. The van der Waals surface area contributed by atoms with Crippen LogP contribution in [-0.4, -0.2) is 46.9 Å². The van der Waals surface area contributed by atoms with Gasteiger partial charge >= 0.3 is 0 Å². The Morgan fingerprint density at radius 2 is 1.91 bits per heavy atom. The third kappa shape index (κ3) is 5.97. The van der Waals surface area contributed by atoms with E-state index in [-0.39, 0.29) is 30.1 Å². The van der Waals surface area contributed by atoms with Crippen LogP contribution in [0.2, 0.25) is 0 Å². The number of thiophene rings is 1. The van der Waals surface area contributed by atoms with E-state index in [2.05, 4.69) is 15.3 Å². The second-order valence-corrected chi connectivity index (χ2v) is 9.50. The molecule has 1 aliphatic rings. The first-order chi connectivity index (χ1) is 17.1. The molecular weight excluding hydrogens is 464 g/mol. The van der Waals surface area contributed by atoms with Gasteiger partial charge in [-0.2, -0.15) is 0 Å². The molecule has 0 radical (unpaired) electrons. The molecule has 2 aromatic heterocycles. The molecule has 0 bridgehead atoms. The van der Waals surface area contributed by atoms with Gasteiger partial charge in [0.05, 0.1) is 27.0 Å². The van der Waals surface area contributed by atoms with Crippen molar-refractivity contribution in [3.8, 4) is 11.5 Å². The van der Waals surface area contributed by atoms with Crippen LogP contribution < -0.4 is 14.8 Å². The number of methoxy groups -OCH3 is 2. The van der Waals surface area contributed by atoms with Crippen molar-refractivity contribution >= 4 is 23.2 Å². The number of hydrogen-bond donors (Lipinski definition) is 1. The first-order valence-electron chi connectivity index (χ1n) is 11.7. The number of carbonyl (C=O) groups is 2. The van der Waals surface area contributed by atoms with Gasteiger partial charge in [0.2, 0.25) is 5.91 Å². The minimum absolute atomic E-state index is 0.0918. The van der Waals surface area contributed by atoms with Crippen LogP contribution in [0.25, 0.3) is 0 Å². The van der Waals surface area contributed by atoms with Gasteiger partial charge in [-0.1, -0.05) is 31.4 Å². The topological polar surface area (TPSA) is 93.7 Å². The summed E-state index contributed by atoms with van der Waals surface area (Å²) in [6.45, 7) is 0.254. The highest BCUT2D eigenvalue weighted by Gasteiger charge is 2.35. The van der Waals surface area contributed by atoms with Gasteiger partial charge in [0.1, 0.15) is 11.7 Å². The molecule has 0 saturated heterocycles. The van der Waals surface area contributed by atoms with Gasteiger partial charge in [0.25, 0.3) is 5.91 Å². The molecule has 2 amide bonds. The zero-order valence-electron chi connectivity index (χ0n) is 20.0. The summed E-state index contributed by atoms with van der Waals surface area (Å²) in [5, 5.41) is 5.16. The van der Waals surface area contributed by atoms with Crippen LogP contribution in [0.5, 0.6) is 11.5 Å². The molecule has 2 heterocycles. The molecule has 1 aliphatic carbocycles. The summed E-state index contributed by atoms with van der Waals surface area (Å²) in [4.78, 5) is 38.4. The predicted octanol–water partition coefficient (Wildman–Crippen LogP) is 4.39. The number of hydrogen-bond acceptors (Lipinski definition) is 7. The molecule has 4 rings (SSSR count). The third-order valence-corrected chi connectivity index (χ3v) is 7.05. The summed E-state index contributed by atoms with van der Waals surface area (Å²) in [5.41, 5.74) is 0.810. The van der Waals surface area contributed by atoms with E-state index in [1.165, 1.54) is 36.3 Å². The third-order valence-electron chi connectivity index (χ3n) is 6.18. The summed E-state index contributed by atoms with van der Waals surface area (Å²) in [6.07, 6.45) is 9.65. The maximum absolute atomic E-state index is 13.9. The molecule has 35 heavy (non-hydrogen) atoms. The Morgan fingerprint density at radius 3 is 2.57 bits per heavy atom. The van der Waals surface area contributed by atoms with Crippen LogP contribution in [0.4, 0.5) is 0 Å². The molecule has 1 fully saturated rings. The Labute approximate surface area is 209 Å². The average molecular weight is 495 g/mol. The van der Waals surface area contributed by atoms with Gasteiger partial charge in [0, 0.05) is 23.3 Å². The van der Waals surface area contributed by atoms with Gasteiger partial charge in [-0.05, 0) is 42.0 Å². The number of rotatable bonds is 9. The van der Waals surface area contributed by atoms with Crippen LogP contribution in [0.1, 0.15) is 59.1 Å². The van der Waals surface area contributed by atoms with E-state index in [1.807, 2.05) is 17.5 Å². The fourth-order valence-corrected chi connectivity index (χ4v) is 5.13. The van der Waals surface area contributed by atoms with E-state index in [0.29, 0.717) is 17.1 Å². The molecule has 9 heteroatoms. The fourth-order valence-electron chi connectivity index (χ4n) is 4.43. The van der Waals surface area contributed by atoms with Crippen LogP contribution in [0, 0.1) is 0 Å². The number of nitrogens with one attached hydrogen (secondary N) is 1. The van der Waals surface area contributed by atoms with Gasteiger partial charge in [0.15, 0.2) is 11.5 Å². The maximum Gasteiger partial charge on any atom is 0.275 e. The van der Waals surface area contributed by atoms with Gasteiger partial charge in [-0.3, -0.25) is 14.6 Å². The summed E-state index contributed by atoms with van der Waals surface area (Å²) in [6, 6.07) is 8.39. The van der Waals surface area contributed by atoms with Crippen molar-refractivity contribution in [3.05, 3.63) is 70.4 Å². The zero-order valence-corrected chi connectivity index (χ0v) is 20.8. The largest absolute Gasteiger partial charge is 0.493 e. The van der Waals surface area contributed by atoms with Crippen molar-refractivity contribution in [2.45, 2.75) is 50.7 Å². The molecule has 1 aromatic carbocycles. The molecule has 1 saturated carbocycles. The number of ether oxygens (including phenoxy) is 2. The van der Waals surface area contributed by atoms with E-state index in [0.717, 1.165) is 30.6 Å². The van der Waals surface area contributed by atoms with Crippen molar-refractivity contribution in [2.75, 3.05) is 14.2 Å². The monoisotopic (exact) mass is 494 g/mol. The van der Waals surface area contributed by atoms with E-state index < -0.39 is 6.04 Å². The van der Waals surface area contributed by atoms with Crippen molar-refractivity contribution in [1.82, 2.24) is 20.2 Å². The Bertz CT molecular complexity index is 1120. The van der Waals surface area contributed by atoms with E-state index >= 15 is 0 Å². The molecule has 1 unspecified atom stereocenters. The van der Waals surface area contributed by atoms with Crippen molar-refractivity contribution < 1.29 is 19.1 Å². The van der Waals surface area contributed by atoms with Crippen LogP contribution in [0.3, 0.4) is 0 Å². The highest BCUT2D eigenvalue weighted by atomic mass is 32.1. The number of aromatic nitrogens is 2. The average Bonchev–Trinajstić information content (AvgIpc) is 3.42. The number of nitrogens with zero attached hydrogens (tertiary/aromatic N) is 3. The number of benzene rings is 1. The predicted molar refractivity (Wildman–Crippen MR) is 134 cm³/mol. The Kier molecular flexibility index (Phi) is 8.31. The highest BCUT2D eigenvalue weighted by molar-refractivity contribution is 7.09. The highest BCUT2D eigenvalue weighted by Crippen LogP contribution is 2.34. The first kappa shape index (κ1) is 24.7. The zero-order chi connectivity index (χ0) is 24.6. The smallest absolute Gasteiger partial charge is 0.275 e. The lowest BCUT2D eigenvalue weighted by Gasteiger charge is -2.33. The standard InChI is InChI=1S/C26H30N4O4S/c1-33-22-11-10-18(15-23(22)34-2)24(25(31)29-19-7-4-3-5-8-19)30(17-20-9-6-14-35-20)26(32)21-16-27-12-13-28-21/h6,9-16,19,24H,3-5,7-8,17H2,1-2H3,(H,29,31). The molecule has 1 atom stereocenters. The fraction of sp³-hybridized carbons (Fsp3) is 0.385. The second kappa shape index (κ2) is 11.8. The molecule has 0 spiro atoms. The van der Waals surface area contributed by atoms with E-state index in [9.17, 15) is 9.59 Å². The summed E-state index contributed by atoms with van der Waals surface area (Å²) < 4.78 is 10.9. The lowest BCUT2D eigenvalue weighted by atomic mass is 9.94. The Morgan fingerprint density at radius 1 is 1.11 bits per heavy atom. The van der Waals surface area contributed by atoms with Crippen molar-refractivity contribution in [3.63, 3.8) is 0 Å². The maximum atomic E-state index is 13.9. The molecular formula is C26H30N4O4S. The lowest BCUT2D eigenvalue weighted by Crippen LogP contribution is -2.47. The number of amides is 2. The van der Waals surface area contributed by atoms with Crippen molar-refractivity contribution in [1.29, 1.82) is 0 Å². The molecule has 3 aromatic rings. The Balaban J connectivity index is 1.77. The van der Waals surface area contributed by atoms with Crippen LogP contribution >= 0.6 is 11.3 Å². The molecule has 8 nitrogen and oxygen atoms in total. The van der Waals surface area contributed by atoms with Crippen LogP contribution in [-0.2, 0) is 11.3 Å². The number of carbonyl (C=O) groups excluding carboxylic acids is 2. The second-order valence-electron chi connectivity index (χ2n) is 8.46. The van der Waals surface area contributed by atoms with E-state index in [1.54, 1.807) is 37.3 Å². The Hall–Kier alpha value is -3.46. The minimum Gasteiger partial charge on any atom is -0.493 e. The van der Waals surface area contributed by atoms with E-state index in [4.69, 9.17) is 9.47 Å². The summed E-state index contributed by atoms with van der Waals surface area (Å²) in [7, 11) is 3.11. The summed E-state index contributed by atoms with van der Waals surface area (Å²) in [5.74, 6) is 0.444. The molecule has 0 aliphatic heterocycles. The normalized spacial score (nSPS) is 14.7. The van der Waals surface area contributed by atoms with Crippen molar-refractivity contribution in [2.24, 2.45) is 0 Å². The van der Waals surface area contributed by atoms with Gasteiger partial charge < -0.3 is 19.7 Å². The molecule has 184 valence electrons. The SMILES string of the molecule is COc1ccc(C(C(=O)NC2CCCCC2)N(Cc2cccs2)C(=O)c2cnccn2)cc1OC. The first-order valence-corrected chi connectivity index (χ1v) is 12.6. The summed E-state index contributed by atoms with van der Waals surface area (Å²) >= 11 is 1.53. The minimum atomic E-state index is -0.895. The van der Waals surface area contributed by atoms with Gasteiger partial charge in [-0.15, -0.1) is 11.3 Å². The van der Waals surface area contributed by atoms with Gasteiger partial charge in [-0.25, -0.2) is 4.98 Å². The lowest BCUT2D eigenvalue weighted by molar-refractivity contribution is -0.127. The quantitative estimate of drug-likeness (QED) is 0.474.